The van der Waals surface area contributed by atoms with E-state index in [1.165, 1.54) is 14.2 Å². The number of carboxylic acids is 2. The number of benzene rings is 1. The summed E-state index contributed by atoms with van der Waals surface area (Å²) in [4.78, 5) is 47.1. The third kappa shape index (κ3) is 5.32. The van der Waals surface area contributed by atoms with Crippen molar-refractivity contribution in [2.24, 2.45) is 0 Å². The van der Waals surface area contributed by atoms with E-state index in [1.807, 2.05) is 0 Å². The Balaban J connectivity index is 1.74. The number of rotatable bonds is 7. The maximum absolute atomic E-state index is 12.4. The molecular weight excluding hydrogens is 458 g/mol. The molecule has 1 atom stereocenters. The predicted octanol–water partition coefficient (Wildman–Crippen LogP) is 1.92. The van der Waals surface area contributed by atoms with Crippen molar-refractivity contribution in [3.05, 3.63) is 34.2 Å². The quantitative estimate of drug-likeness (QED) is 0.372. The molecule has 5 N–H and O–H groups in total. The summed E-state index contributed by atoms with van der Waals surface area (Å²) in [6.45, 7) is 0.194. The number of fused-ring (bicyclic) bond motifs is 1. The van der Waals surface area contributed by atoms with Crippen molar-refractivity contribution in [3.63, 3.8) is 0 Å². The van der Waals surface area contributed by atoms with E-state index in [0.717, 1.165) is 11.3 Å². The Kier molecular flexibility index (Phi) is 7.35. The summed E-state index contributed by atoms with van der Waals surface area (Å²) in [6.07, 6.45) is -0.418. The number of urea groups is 1. The minimum Gasteiger partial charge on any atom is -0.497 e. The number of nitrogens with one attached hydrogen (secondary N) is 3. The molecule has 0 spiro atoms. The van der Waals surface area contributed by atoms with Crippen molar-refractivity contribution in [2.45, 2.75) is 12.5 Å². The van der Waals surface area contributed by atoms with Crippen molar-refractivity contribution in [3.8, 4) is 11.5 Å². The second-order valence-electron chi connectivity index (χ2n) is 6.72. The molecule has 0 radical (unpaired) electrons. The number of amides is 3. The standard InChI is InChI=1S/C20H21N3O9S/c1-30-9-3-4-11(12(7-9)31-2)22-20(29)21-8-13-15-10(5-6-32-13)14(18(25)26)17(33-15)23-16(24)19(27)28/h3-4,7,13H,5-6,8H2,1-2H3,(H,23,24)(H,25,26)(H,27,28)(H2,21,22,29). The number of hydrogen-bond donors (Lipinski definition) is 5. The Morgan fingerprint density at radius 3 is 2.55 bits per heavy atom. The third-order valence-corrected chi connectivity index (χ3v) is 5.98. The van der Waals surface area contributed by atoms with Gasteiger partial charge in [0.25, 0.3) is 0 Å². The number of carbonyl (C=O) groups is 4. The van der Waals surface area contributed by atoms with Gasteiger partial charge in [-0.05, 0) is 24.1 Å². The summed E-state index contributed by atoms with van der Waals surface area (Å²) < 4.78 is 16.0. The van der Waals surface area contributed by atoms with E-state index in [9.17, 15) is 24.3 Å². The van der Waals surface area contributed by atoms with Gasteiger partial charge in [0.2, 0.25) is 0 Å². The van der Waals surface area contributed by atoms with Gasteiger partial charge in [-0.3, -0.25) is 4.79 Å². The fraction of sp³-hybridized carbons (Fsp3) is 0.300. The number of hydrogen-bond acceptors (Lipinski definition) is 8. The first kappa shape index (κ1) is 23.8. The van der Waals surface area contributed by atoms with E-state index in [4.69, 9.17) is 19.3 Å². The average molecular weight is 479 g/mol. The molecule has 0 aliphatic carbocycles. The van der Waals surface area contributed by atoms with Crippen molar-refractivity contribution >= 4 is 45.9 Å². The number of ether oxygens (including phenoxy) is 3. The first-order chi connectivity index (χ1) is 15.7. The average Bonchev–Trinajstić information content (AvgIpc) is 3.16. The molecule has 2 aromatic rings. The van der Waals surface area contributed by atoms with E-state index >= 15 is 0 Å². The molecule has 0 bridgehead atoms. The normalized spacial score (nSPS) is 14.5. The summed E-state index contributed by atoms with van der Waals surface area (Å²) >= 11 is 0.903. The second kappa shape index (κ2) is 10.2. The van der Waals surface area contributed by atoms with Crippen LogP contribution in [0.2, 0.25) is 0 Å². The van der Waals surface area contributed by atoms with Crippen LogP contribution >= 0.6 is 11.3 Å². The molecule has 1 aromatic heterocycles. The summed E-state index contributed by atoms with van der Waals surface area (Å²) in [5, 5.41) is 25.7. The van der Waals surface area contributed by atoms with E-state index in [1.54, 1.807) is 18.2 Å². The van der Waals surface area contributed by atoms with E-state index in [0.29, 0.717) is 27.6 Å². The van der Waals surface area contributed by atoms with Crippen LogP contribution in [0, 0.1) is 0 Å². The fourth-order valence-electron chi connectivity index (χ4n) is 3.25. The summed E-state index contributed by atoms with van der Waals surface area (Å²) in [5.74, 6) is -3.44. The van der Waals surface area contributed by atoms with Crippen LogP contribution in [-0.2, 0) is 20.7 Å². The van der Waals surface area contributed by atoms with Crippen molar-refractivity contribution in [1.82, 2.24) is 5.32 Å². The van der Waals surface area contributed by atoms with Crippen molar-refractivity contribution in [1.29, 1.82) is 0 Å². The van der Waals surface area contributed by atoms with Crippen LogP contribution in [0.15, 0.2) is 18.2 Å². The van der Waals surface area contributed by atoms with Crippen LogP contribution in [0.5, 0.6) is 11.5 Å². The second-order valence-corrected chi connectivity index (χ2v) is 7.78. The number of anilines is 2. The zero-order valence-corrected chi connectivity index (χ0v) is 18.4. The first-order valence-electron chi connectivity index (χ1n) is 9.56. The monoisotopic (exact) mass is 479 g/mol. The zero-order chi connectivity index (χ0) is 24.1. The van der Waals surface area contributed by atoms with Gasteiger partial charge in [0, 0.05) is 10.9 Å². The lowest BCUT2D eigenvalue weighted by Crippen LogP contribution is -2.34. The van der Waals surface area contributed by atoms with Gasteiger partial charge in [0.1, 0.15) is 22.6 Å². The molecule has 33 heavy (non-hydrogen) atoms. The summed E-state index contributed by atoms with van der Waals surface area (Å²) in [7, 11) is 2.96. The molecule has 3 amide bonds. The molecule has 12 nitrogen and oxygen atoms in total. The van der Waals surface area contributed by atoms with E-state index in [2.05, 4.69) is 16.0 Å². The smallest absolute Gasteiger partial charge is 0.394 e. The largest absolute Gasteiger partial charge is 0.497 e. The van der Waals surface area contributed by atoms with Gasteiger partial charge in [-0.15, -0.1) is 11.3 Å². The highest BCUT2D eigenvalue weighted by molar-refractivity contribution is 7.17. The molecule has 13 heteroatoms. The Morgan fingerprint density at radius 1 is 1.15 bits per heavy atom. The van der Waals surface area contributed by atoms with Gasteiger partial charge in [-0.25, -0.2) is 14.4 Å². The Hall–Kier alpha value is -3.84. The molecule has 0 fully saturated rings. The Bertz CT molecular complexity index is 1100. The number of thiophene rings is 1. The molecule has 1 unspecified atom stereocenters. The molecule has 1 aromatic carbocycles. The maximum Gasteiger partial charge on any atom is 0.394 e. The van der Waals surface area contributed by atoms with Crippen LogP contribution in [0.3, 0.4) is 0 Å². The van der Waals surface area contributed by atoms with Gasteiger partial charge in [0.15, 0.2) is 0 Å². The van der Waals surface area contributed by atoms with E-state index < -0.39 is 30.0 Å². The topological polar surface area (TPSA) is 173 Å². The lowest BCUT2D eigenvalue weighted by atomic mass is 10.0. The lowest BCUT2D eigenvalue weighted by molar-refractivity contribution is -0.147. The number of carbonyl (C=O) groups excluding carboxylic acids is 2. The molecule has 3 rings (SSSR count). The Labute approximate surface area is 191 Å². The number of carboxylic acid groups (broad SMARTS) is 2. The molecule has 0 saturated carbocycles. The molecule has 1 aliphatic rings. The van der Waals surface area contributed by atoms with Crippen LogP contribution in [0.4, 0.5) is 15.5 Å². The predicted molar refractivity (Wildman–Crippen MR) is 117 cm³/mol. The van der Waals surface area contributed by atoms with Gasteiger partial charge >= 0.3 is 23.9 Å². The molecule has 2 heterocycles. The molecule has 1 aliphatic heterocycles. The lowest BCUT2D eigenvalue weighted by Gasteiger charge is -2.23. The number of aromatic carboxylic acids is 1. The van der Waals surface area contributed by atoms with Gasteiger partial charge in [-0.2, -0.15) is 0 Å². The SMILES string of the molecule is COc1ccc(NC(=O)NCC2OCCc3c2sc(NC(=O)C(=O)O)c3C(=O)O)c(OC)c1. The number of methoxy groups -OCH3 is 2. The zero-order valence-electron chi connectivity index (χ0n) is 17.6. The van der Waals surface area contributed by atoms with Crippen LogP contribution < -0.4 is 25.4 Å². The van der Waals surface area contributed by atoms with Crippen LogP contribution in [-0.4, -0.2) is 61.5 Å². The van der Waals surface area contributed by atoms with Crippen LogP contribution in [0.25, 0.3) is 0 Å². The van der Waals surface area contributed by atoms with Gasteiger partial charge < -0.3 is 40.4 Å². The van der Waals surface area contributed by atoms with Crippen LogP contribution in [0.1, 0.15) is 26.9 Å². The highest BCUT2D eigenvalue weighted by Gasteiger charge is 2.32. The highest BCUT2D eigenvalue weighted by atomic mass is 32.1. The molecular formula is C20H21N3O9S. The van der Waals surface area contributed by atoms with Crippen molar-refractivity contribution in [2.75, 3.05) is 38.0 Å². The number of aliphatic carboxylic acids is 1. The highest BCUT2D eigenvalue weighted by Crippen LogP contribution is 2.41. The third-order valence-electron chi connectivity index (χ3n) is 4.74. The molecule has 0 saturated heterocycles. The minimum atomic E-state index is -1.74. The van der Waals surface area contributed by atoms with Crippen molar-refractivity contribution < 1.29 is 43.6 Å². The summed E-state index contributed by atoms with van der Waals surface area (Å²) in [5.41, 5.74) is 0.665. The minimum absolute atomic E-state index is 0.00317. The van der Waals surface area contributed by atoms with Gasteiger partial charge in [-0.1, -0.05) is 0 Å². The first-order valence-corrected chi connectivity index (χ1v) is 10.4. The summed E-state index contributed by atoms with van der Waals surface area (Å²) in [6, 6.07) is 4.32. The maximum atomic E-state index is 12.4. The Morgan fingerprint density at radius 2 is 1.91 bits per heavy atom. The fourth-order valence-corrected chi connectivity index (χ4v) is 4.53. The van der Waals surface area contributed by atoms with Gasteiger partial charge in [0.05, 0.1) is 38.6 Å². The molecule has 176 valence electrons. The van der Waals surface area contributed by atoms with E-state index in [-0.39, 0.29) is 30.1 Å².